The Balaban J connectivity index is 1.75. The number of nitrogens with zero attached hydrogens (tertiary/aromatic N) is 2. The molecule has 0 fully saturated rings. The molecule has 0 radical (unpaired) electrons. The second kappa shape index (κ2) is 6.11. The Morgan fingerprint density at radius 2 is 0.793 bits per heavy atom. The van der Waals surface area contributed by atoms with Crippen LogP contribution in [0.5, 0.6) is 0 Å². The normalized spacial score (nSPS) is 14.9. The molecule has 136 valence electrons. The van der Waals surface area contributed by atoms with E-state index in [1.807, 2.05) is 12.1 Å². The molecule has 0 unspecified atom stereocenters. The van der Waals surface area contributed by atoms with Crippen LogP contribution in [0.25, 0.3) is 22.3 Å². The summed E-state index contributed by atoms with van der Waals surface area (Å²) >= 11 is 0. The molecule has 0 amide bonds. The van der Waals surface area contributed by atoms with Crippen molar-refractivity contribution in [3.05, 3.63) is 108 Å². The van der Waals surface area contributed by atoms with Gasteiger partial charge in [0.05, 0.1) is 16.8 Å². The van der Waals surface area contributed by atoms with Crippen LogP contribution in [-0.4, -0.2) is 12.4 Å². The summed E-state index contributed by atoms with van der Waals surface area (Å²) in [6, 6.07) is 33.9. The number of para-hydroxylation sites is 2. The van der Waals surface area contributed by atoms with Crippen LogP contribution < -0.4 is 0 Å². The third-order valence-corrected chi connectivity index (χ3v) is 5.95. The summed E-state index contributed by atoms with van der Waals surface area (Å²) < 4.78 is 0. The highest BCUT2D eigenvalue weighted by Crippen LogP contribution is 2.47. The second-order valence-electron chi connectivity index (χ2n) is 7.51. The molecule has 0 saturated carbocycles. The fraction of sp³-hybridized carbons (Fsp3) is 0.0370. The van der Waals surface area contributed by atoms with Gasteiger partial charge in [-0.25, -0.2) is 0 Å². The molecule has 2 nitrogen and oxygen atoms in total. The fourth-order valence-corrected chi connectivity index (χ4v) is 4.58. The summed E-state index contributed by atoms with van der Waals surface area (Å²) in [6.45, 7) is 0. The van der Waals surface area contributed by atoms with Crippen LogP contribution in [0.3, 0.4) is 0 Å². The van der Waals surface area contributed by atoms with Crippen molar-refractivity contribution in [1.29, 1.82) is 0 Å². The van der Waals surface area contributed by atoms with Gasteiger partial charge < -0.3 is 0 Å². The van der Waals surface area contributed by atoms with E-state index in [0.717, 1.165) is 22.5 Å². The van der Waals surface area contributed by atoms with Gasteiger partial charge in [-0.2, -0.15) is 0 Å². The molecule has 6 rings (SSSR count). The first-order chi connectivity index (χ1) is 14.4. The lowest BCUT2D eigenvalue weighted by atomic mass is 9.72. The van der Waals surface area contributed by atoms with E-state index in [9.17, 15) is 0 Å². The first-order valence-corrected chi connectivity index (χ1v) is 9.85. The number of hydrogen-bond acceptors (Lipinski definition) is 2. The molecule has 0 bridgehead atoms. The minimum Gasteiger partial charge on any atom is -0.259 e. The average molecular weight is 370 g/mol. The van der Waals surface area contributed by atoms with Gasteiger partial charge in [-0.05, 0) is 34.4 Å². The van der Waals surface area contributed by atoms with Crippen molar-refractivity contribution in [2.75, 3.05) is 0 Å². The van der Waals surface area contributed by atoms with E-state index in [2.05, 4.69) is 97.4 Å². The number of aliphatic imine (C=N–C) groups is 2. The molecule has 0 saturated heterocycles. The predicted molar refractivity (Wildman–Crippen MR) is 121 cm³/mol. The topological polar surface area (TPSA) is 24.7 Å². The Morgan fingerprint density at radius 1 is 0.414 bits per heavy atom. The third kappa shape index (κ3) is 2.29. The van der Waals surface area contributed by atoms with Crippen LogP contribution in [0.1, 0.15) is 11.1 Å². The van der Waals surface area contributed by atoms with Crippen LogP contribution in [-0.2, 0) is 5.41 Å². The molecule has 2 heteroatoms. The van der Waals surface area contributed by atoms with Gasteiger partial charge in [-0.3, -0.25) is 9.98 Å². The fourth-order valence-electron chi connectivity index (χ4n) is 4.58. The van der Waals surface area contributed by atoms with Crippen molar-refractivity contribution in [2.45, 2.75) is 5.41 Å². The van der Waals surface area contributed by atoms with E-state index >= 15 is 0 Å². The number of rotatable bonds is 0. The first-order valence-electron chi connectivity index (χ1n) is 9.85. The minimum absolute atomic E-state index is 0.536. The minimum atomic E-state index is -0.536. The molecular formula is C27H18N2. The molecular weight excluding hydrogens is 352 g/mol. The largest absolute Gasteiger partial charge is 0.259 e. The Bertz CT molecular complexity index is 1210. The Labute approximate surface area is 169 Å². The summed E-state index contributed by atoms with van der Waals surface area (Å²) in [4.78, 5) is 9.93. The number of benzene rings is 4. The summed E-state index contributed by atoms with van der Waals surface area (Å²) in [5.41, 5.74) is 8.57. The van der Waals surface area contributed by atoms with Gasteiger partial charge in [0.2, 0.25) is 0 Å². The van der Waals surface area contributed by atoms with Gasteiger partial charge >= 0.3 is 0 Å². The maximum absolute atomic E-state index is 4.97. The van der Waals surface area contributed by atoms with E-state index < -0.39 is 5.41 Å². The zero-order valence-electron chi connectivity index (χ0n) is 15.8. The molecule has 0 N–H and O–H groups in total. The Kier molecular flexibility index (Phi) is 3.41. The third-order valence-electron chi connectivity index (χ3n) is 5.95. The molecule has 2 aliphatic heterocycles. The highest BCUT2D eigenvalue weighted by molar-refractivity contribution is 6.09. The molecule has 2 aliphatic rings. The van der Waals surface area contributed by atoms with Crippen molar-refractivity contribution < 1.29 is 0 Å². The Hall–Kier alpha value is -3.78. The molecule has 4 aromatic rings. The predicted octanol–water partition coefficient (Wildman–Crippen LogP) is 6.74. The van der Waals surface area contributed by atoms with Crippen LogP contribution >= 0.6 is 0 Å². The highest BCUT2D eigenvalue weighted by Gasteiger charge is 2.38. The van der Waals surface area contributed by atoms with Gasteiger partial charge in [-0.15, -0.1) is 0 Å². The van der Waals surface area contributed by atoms with E-state index in [0.29, 0.717) is 0 Å². The van der Waals surface area contributed by atoms with Crippen molar-refractivity contribution >= 4 is 23.8 Å². The summed E-state index contributed by atoms with van der Waals surface area (Å²) in [7, 11) is 0. The Morgan fingerprint density at radius 3 is 1.28 bits per heavy atom. The second-order valence-corrected chi connectivity index (χ2v) is 7.51. The standard InChI is InChI=1S/C27H18N2/c1-5-13-23-19(9-1)21-11-3-7-15-25(21)28-17-27(23)18-29-26-16-8-4-12-22(26)20-10-2-6-14-24(20)27/h1-18H. The number of fused-ring (bicyclic) bond motifs is 8. The van der Waals surface area contributed by atoms with Gasteiger partial charge in [0, 0.05) is 23.6 Å². The van der Waals surface area contributed by atoms with Crippen molar-refractivity contribution in [2.24, 2.45) is 9.98 Å². The molecule has 0 aliphatic carbocycles. The lowest BCUT2D eigenvalue weighted by Gasteiger charge is -2.29. The maximum atomic E-state index is 4.97. The lowest BCUT2D eigenvalue weighted by molar-refractivity contribution is 0.975. The molecule has 4 aromatic carbocycles. The summed E-state index contributed by atoms with van der Waals surface area (Å²) in [5.74, 6) is 0. The van der Waals surface area contributed by atoms with Crippen LogP contribution in [0.4, 0.5) is 11.4 Å². The van der Waals surface area contributed by atoms with Crippen LogP contribution in [0.15, 0.2) is 107 Å². The van der Waals surface area contributed by atoms with Gasteiger partial charge in [0.25, 0.3) is 0 Å². The highest BCUT2D eigenvalue weighted by atomic mass is 14.8. The van der Waals surface area contributed by atoms with E-state index in [1.165, 1.54) is 22.3 Å². The number of hydrogen-bond donors (Lipinski definition) is 0. The van der Waals surface area contributed by atoms with Gasteiger partial charge in [0.15, 0.2) is 0 Å². The molecule has 1 spiro atoms. The quantitative estimate of drug-likeness (QED) is 0.327. The van der Waals surface area contributed by atoms with E-state index in [1.54, 1.807) is 0 Å². The summed E-state index contributed by atoms with van der Waals surface area (Å²) in [5, 5.41) is 0. The summed E-state index contributed by atoms with van der Waals surface area (Å²) in [6.07, 6.45) is 4.15. The van der Waals surface area contributed by atoms with Crippen LogP contribution in [0, 0.1) is 0 Å². The SMILES string of the molecule is C1=Nc2ccccc2-c2ccccc2C12C=Nc1ccccc1-c1ccccc12. The molecule has 0 atom stereocenters. The average Bonchev–Trinajstić information content (AvgIpc) is 3.03. The smallest absolute Gasteiger partial charge is 0.0919 e. The van der Waals surface area contributed by atoms with Gasteiger partial charge in [0.1, 0.15) is 0 Å². The van der Waals surface area contributed by atoms with Crippen LogP contribution in [0.2, 0.25) is 0 Å². The monoisotopic (exact) mass is 370 g/mol. The van der Waals surface area contributed by atoms with Crippen molar-refractivity contribution in [1.82, 2.24) is 0 Å². The zero-order chi connectivity index (χ0) is 19.3. The maximum Gasteiger partial charge on any atom is 0.0919 e. The van der Waals surface area contributed by atoms with Crippen molar-refractivity contribution in [3.63, 3.8) is 0 Å². The zero-order valence-corrected chi connectivity index (χ0v) is 15.8. The molecule has 2 heterocycles. The molecule has 0 aromatic heterocycles. The van der Waals surface area contributed by atoms with E-state index in [4.69, 9.17) is 9.98 Å². The van der Waals surface area contributed by atoms with E-state index in [-0.39, 0.29) is 0 Å². The first kappa shape index (κ1) is 16.2. The molecule has 29 heavy (non-hydrogen) atoms. The van der Waals surface area contributed by atoms with Gasteiger partial charge in [-0.1, -0.05) is 84.9 Å². The van der Waals surface area contributed by atoms with Crippen molar-refractivity contribution in [3.8, 4) is 22.3 Å². The lowest BCUT2D eigenvalue weighted by Crippen LogP contribution is -2.32.